The Hall–Kier alpha value is -5.64. The van der Waals surface area contributed by atoms with Crippen molar-refractivity contribution in [1.82, 2.24) is 5.32 Å². The first-order valence-electron chi connectivity index (χ1n) is 16.3. The maximum absolute atomic E-state index is 13.6. The number of benzene rings is 5. The minimum Gasteiger partial charge on any atom is -0.457 e. The van der Waals surface area contributed by atoms with Gasteiger partial charge in [-0.3, -0.25) is 19.2 Å². The summed E-state index contributed by atoms with van der Waals surface area (Å²) in [6, 6.07) is 37.2. The number of nitrogens with zero attached hydrogens (tertiary/aromatic N) is 1. The highest BCUT2D eigenvalue weighted by molar-refractivity contribution is 8.00. The van der Waals surface area contributed by atoms with Crippen LogP contribution in [-0.4, -0.2) is 28.9 Å². The fourth-order valence-corrected chi connectivity index (χ4v) is 6.60. The van der Waals surface area contributed by atoms with E-state index in [1.165, 1.54) is 16.7 Å². The Balaban J connectivity index is 1.14. The summed E-state index contributed by atoms with van der Waals surface area (Å²) in [7, 11) is 0. The zero-order valence-corrected chi connectivity index (χ0v) is 29.4. The number of anilines is 2. The van der Waals surface area contributed by atoms with Gasteiger partial charge in [0.15, 0.2) is 0 Å². The second kappa shape index (κ2) is 15.9. The number of halogens is 1. The first kappa shape index (κ1) is 35.2. The Morgan fingerprint density at radius 1 is 0.843 bits per heavy atom. The molecule has 1 aliphatic rings. The summed E-state index contributed by atoms with van der Waals surface area (Å²) >= 11 is 7.20. The summed E-state index contributed by atoms with van der Waals surface area (Å²) in [5, 5.41) is 5.59. The quantitative estimate of drug-likeness (QED) is 0.104. The van der Waals surface area contributed by atoms with E-state index in [-0.39, 0.29) is 23.9 Å². The van der Waals surface area contributed by atoms with Gasteiger partial charge in [0.2, 0.25) is 11.8 Å². The molecule has 1 aliphatic heterocycles. The van der Waals surface area contributed by atoms with E-state index in [9.17, 15) is 19.2 Å². The van der Waals surface area contributed by atoms with Gasteiger partial charge in [0, 0.05) is 27.6 Å². The molecule has 1 saturated heterocycles. The van der Waals surface area contributed by atoms with Crippen molar-refractivity contribution in [3.05, 3.63) is 155 Å². The number of imide groups is 1. The summed E-state index contributed by atoms with van der Waals surface area (Å²) in [6.45, 7) is 4.21. The van der Waals surface area contributed by atoms with E-state index in [1.54, 1.807) is 97.1 Å². The third-order valence-corrected chi connectivity index (χ3v) is 9.49. The highest BCUT2D eigenvalue weighted by atomic mass is 35.5. The second-order valence-corrected chi connectivity index (χ2v) is 13.8. The third-order valence-electron chi connectivity index (χ3n) is 8.06. The van der Waals surface area contributed by atoms with Gasteiger partial charge < -0.3 is 15.4 Å². The zero-order valence-electron chi connectivity index (χ0n) is 27.8. The predicted molar refractivity (Wildman–Crippen MR) is 202 cm³/mol. The number of nitrogens with one attached hydrogen (secondary N) is 2. The Kier molecular flexibility index (Phi) is 11.0. The van der Waals surface area contributed by atoms with Crippen LogP contribution in [0.3, 0.4) is 0 Å². The number of carbonyl (C=O) groups is 4. The van der Waals surface area contributed by atoms with Crippen LogP contribution in [0.2, 0.25) is 5.02 Å². The van der Waals surface area contributed by atoms with Crippen LogP contribution in [0.1, 0.15) is 47.7 Å². The molecule has 1 atom stereocenters. The molecule has 1 fully saturated rings. The van der Waals surface area contributed by atoms with Crippen LogP contribution in [-0.2, 0) is 14.4 Å². The van der Waals surface area contributed by atoms with Gasteiger partial charge in [0.25, 0.3) is 11.8 Å². The van der Waals surface area contributed by atoms with Gasteiger partial charge in [0.05, 0.1) is 10.9 Å². The standard InChI is InChI=1S/C41H34ClN3O5S/c1-26(2)28-13-11-27(12-14-28)23-36(44-39(47)29-7-4-3-5-8-29)40(48)43-31-9-6-10-35(24-31)51-37-25-38(46)45(41(37)49)32-17-21-34(22-18-32)50-33-19-15-30(42)16-20-33/h3-24,26,37H,25H2,1-2H3,(H,43,48)(H,44,47)/b36-23-/t37-/m1/s1. The molecule has 0 saturated carbocycles. The molecule has 0 bridgehead atoms. The van der Waals surface area contributed by atoms with E-state index in [4.69, 9.17) is 16.3 Å². The topological polar surface area (TPSA) is 105 Å². The van der Waals surface area contributed by atoms with Gasteiger partial charge in [-0.25, -0.2) is 4.90 Å². The van der Waals surface area contributed by atoms with Crippen LogP contribution in [0.4, 0.5) is 11.4 Å². The first-order valence-corrected chi connectivity index (χ1v) is 17.5. The Morgan fingerprint density at radius 2 is 1.51 bits per heavy atom. The van der Waals surface area contributed by atoms with Crippen molar-refractivity contribution in [2.75, 3.05) is 10.2 Å². The molecule has 0 spiro atoms. The smallest absolute Gasteiger partial charge is 0.272 e. The molecule has 256 valence electrons. The first-order chi connectivity index (χ1) is 24.6. The van der Waals surface area contributed by atoms with Gasteiger partial charge in [0.1, 0.15) is 17.2 Å². The number of thioether (sulfide) groups is 1. The summed E-state index contributed by atoms with van der Waals surface area (Å²) < 4.78 is 5.83. The third kappa shape index (κ3) is 8.94. The van der Waals surface area contributed by atoms with Crippen molar-refractivity contribution >= 4 is 64.4 Å². The van der Waals surface area contributed by atoms with Crippen LogP contribution >= 0.6 is 23.4 Å². The van der Waals surface area contributed by atoms with Crippen molar-refractivity contribution in [1.29, 1.82) is 0 Å². The molecule has 0 unspecified atom stereocenters. The summed E-state index contributed by atoms with van der Waals surface area (Å²) in [5.41, 5.74) is 3.30. The fraction of sp³-hybridized carbons (Fsp3) is 0.122. The van der Waals surface area contributed by atoms with Crippen molar-refractivity contribution in [3.8, 4) is 11.5 Å². The maximum atomic E-state index is 13.6. The van der Waals surface area contributed by atoms with Crippen LogP contribution in [0, 0.1) is 0 Å². The SMILES string of the molecule is CC(C)c1ccc(/C=C(\NC(=O)c2ccccc2)C(=O)Nc2cccc(S[C@@H]3CC(=O)N(c4ccc(Oc5ccc(Cl)cc5)cc4)C3=O)c2)cc1. The van der Waals surface area contributed by atoms with Crippen LogP contribution in [0.25, 0.3) is 6.08 Å². The Bertz CT molecular complexity index is 2080. The van der Waals surface area contributed by atoms with Crippen molar-refractivity contribution in [2.45, 2.75) is 36.3 Å². The number of hydrogen-bond acceptors (Lipinski definition) is 6. The number of ether oxygens (including phenoxy) is 1. The Morgan fingerprint density at radius 3 is 2.18 bits per heavy atom. The molecule has 51 heavy (non-hydrogen) atoms. The normalized spacial score (nSPS) is 14.5. The molecule has 4 amide bonds. The molecule has 5 aromatic carbocycles. The number of rotatable bonds is 11. The molecule has 10 heteroatoms. The van der Waals surface area contributed by atoms with Crippen molar-refractivity contribution < 1.29 is 23.9 Å². The predicted octanol–water partition coefficient (Wildman–Crippen LogP) is 9.09. The van der Waals surface area contributed by atoms with E-state index < -0.39 is 17.1 Å². The van der Waals surface area contributed by atoms with Gasteiger partial charge in [-0.2, -0.15) is 0 Å². The summed E-state index contributed by atoms with van der Waals surface area (Å²) in [4.78, 5) is 55.1. The largest absolute Gasteiger partial charge is 0.457 e. The lowest BCUT2D eigenvalue weighted by atomic mass is 10.0. The lowest BCUT2D eigenvalue weighted by Gasteiger charge is -2.16. The molecule has 0 radical (unpaired) electrons. The molecule has 2 N–H and O–H groups in total. The van der Waals surface area contributed by atoms with E-state index in [0.29, 0.717) is 44.3 Å². The second-order valence-electron chi connectivity index (χ2n) is 12.1. The van der Waals surface area contributed by atoms with E-state index in [0.717, 1.165) is 11.1 Å². The molecular formula is C41H34ClN3O5S. The molecule has 6 rings (SSSR count). The Labute approximate surface area is 305 Å². The average molecular weight is 716 g/mol. The zero-order chi connectivity index (χ0) is 35.9. The molecular weight excluding hydrogens is 682 g/mol. The van der Waals surface area contributed by atoms with Gasteiger partial charge >= 0.3 is 0 Å². The summed E-state index contributed by atoms with van der Waals surface area (Å²) in [5.74, 6) is -0.0688. The van der Waals surface area contributed by atoms with Gasteiger partial charge in [-0.05, 0) is 102 Å². The number of amides is 4. The van der Waals surface area contributed by atoms with E-state index in [2.05, 4.69) is 24.5 Å². The van der Waals surface area contributed by atoms with Crippen LogP contribution < -0.4 is 20.3 Å². The maximum Gasteiger partial charge on any atom is 0.272 e. The van der Waals surface area contributed by atoms with Crippen molar-refractivity contribution in [2.24, 2.45) is 0 Å². The van der Waals surface area contributed by atoms with E-state index in [1.807, 2.05) is 36.4 Å². The number of carbonyl (C=O) groups excluding carboxylic acids is 4. The molecule has 0 aliphatic carbocycles. The number of hydrogen-bond donors (Lipinski definition) is 2. The van der Waals surface area contributed by atoms with Crippen molar-refractivity contribution in [3.63, 3.8) is 0 Å². The minimum absolute atomic E-state index is 0.0249. The monoisotopic (exact) mass is 715 g/mol. The molecule has 0 aromatic heterocycles. The van der Waals surface area contributed by atoms with Gasteiger partial charge in [-0.15, -0.1) is 11.8 Å². The van der Waals surface area contributed by atoms with Crippen LogP contribution in [0.15, 0.2) is 138 Å². The minimum atomic E-state index is -0.650. The van der Waals surface area contributed by atoms with E-state index >= 15 is 0 Å². The summed E-state index contributed by atoms with van der Waals surface area (Å²) in [6.07, 6.45) is 1.66. The highest BCUT2D eigenvalue weighted by Gasteiger charge is 2.40. The lowest BCUT2D eigenvalue weighted by Crippen LogP contribution is -2.31. The molecule has 1 heterocycles. The fourth-order valence-electron chi connectivity index (χ4n) is 5.37. The van der Waals surface area contributed by atoms with Crippen LogP contribution in [0.5, 0.6) is 11.5 Å². The highest BCUT2D eigenvalue weighted by Crippen LogP contribution is 2.36. The average Bonchev–Trinajstić information content (AvgIpc) is 3.41. The molecule has 5 aromatic rings. The lowest BCUT2D eigenvalue weighted by molar-refractivity contribution is -0.121. The molecule has 8 nitrogen and oxygen atoms in total. The van der Waals surface area contributed by atoms with Gasteiger partial charge in [-0.1, -0.05) is 74.0 Å².